The third-order valence-corrected chi connectivity index (χ3v) is 2.21. The standard InChI is InChI=1S/C11H17NO3/c1-4-12(5-2)11(13)10-7-6-9(15-10)8-14-3/h6-7H,4-5,8H2,1-3H3. The molecule has 4 nitrogen and oxygen atoms in total. The van der Waals surface area contributed by atoms with Gasteiger partial charge in [0.2, 0.25) is 0 Å². The highest BCUT2D eigenvalue weighted by Crippen LogP contribution is 2.11. The van der Waals surface area contributed by atoms with Gasteiger partial charge in [0.15, 0.2) is 5.76 Å². The third kappa shape index (κ3) is 2.83. The Morgan fingerprint density at radius 2 is 2.07 bits per heavy atom. The lowest BCUT2D eigenvalue weighted by molar-refractivity contribution is 0.0733. The van der Waals surface area contributed by atoms with Gasteiger partial charge in [0, 0.05) is 20.2 Å². The van der Waals surface area contributed by atoms with Gasteiger partial charge in [-0.3, -0.25) is 4.79 Å². The van der Waals surface area contributed by atoms with Gasteiger partial charge in [-0.25, -0.2) is 0 Å². The molecule has 0 aliphatic rings. The lowest BCUT2D eigenvalue weighted by Crippen LogP contribution is -2.30. The topological polar surface area (TPSA) is 42.7 Å². The van der Waals surface area contributed by atoms with Crippen LogP contribution in [0, 0.1) is 0 Å². The molecule has 84 valence electrons. The molecule has 0 aliphatic heterocycles. The molecule has 15 heavy (non-hydrogen) atoms. The third-order valence-electron chi connectivity index (χ3n) is 2.21. The van der Waals surface area contributed by atoms with Gasteiger partial charge in [-0.2, -0.15) is 0 Å². The van der Waals surface area contributed by atoms with Crippen molar-refractivity contribution in [2.24, 2.45) is 0 Å². The Morgan fingerprint density at radius 3 is 2.60 bits per heavy atom. The first-order valence-corrected chi connectivity index (χ1v) is 5.09. The van der Waals surface area contributed by atoms with Gasteiger partial charge in [0.25, 0.3) is 5.91 Å². The molecule has 1 amide bonds. The molecular formula is C11H17NO3. The van der Waals surface area contributed by atoms with Crippen molar-refractivity contribution < 1.29 is 13.9 Å². The Bertz CT molecular complexity index is 315. The molecule has 0 bridgehead atoms. The lowest BCUT2D eigenvalue weighted by Gasteiger charge is -2.16. The van der Waals surface area contributed by atoms with Crippen LogP contribution in [0.5, 0.6) is 0 Å². The van der Waals surface area contributed by atoms with E-state index in [1.807, 2.05) is 13.8 Å². The zero-order chi connectivity index (χ0) is 11.3. The molecule has 0 fully saturated rings. The number of carbonyl (C=O) groups is 1. The molecule has 4 heteroatoms. The van der Waals surface area contributed by atoms with Crippen molar-refractivity contribution in [3.8, 4) is 0 Å². The number of hydrogen-bond donors (Lipinski definition) is 0. The van der Waals surface area contributed by atoms with E-state index in [1.165, 1.54) is 0 Å². The van der Waals surface area contributed by atoms with Crippen molar-refractivity contribution in [1.29, 1.82) is 0 Å². The SMILES string of the molecule is CCN(CC)C(=O)c1ccc(COC)o1. The molecule has 0 radical (unpaired) electrons. The molecule has 1 aromatic heterocycles. The molecule has 0 unspecified atom stereocenters. The first-order chi connectivity index (χ1) is 7.22. The Morgan fingerprint density at radius 1 is 1.40 bits per heavy atom. The van der Waals surface area contributed by atoms with Gasteiger partial charge in [-0.1, -0.05) is 0 Å². The molecule has 1 aromatic rings. The molecule has 0 atom stereocenters. The quantitative estimate of drug-likeness (QED) is 0.747. The van der Waals surface area contributed by atoms with E-state index in [-0.39, 0.29) is 5.91 Å². The molecule has 0 aliphatic carbocycles. The summed E-state index contributed by atoms with van der Waals surface area (Å²) in [6, 6.07) is 3.45. The number of carbonyl (C=O) groups excluding carboxylic acids is 1. The first-order valence-electron chi connectivity index (χ1n) is 5.09. The maximum Gasteiger partial charge on any atom is 0.289 e. The van der Waals surface area contributed by atoms with E-state index in [0.717, 1.165) is 0 Å². The Labute approximate surface area is 89.8 Å². The smallest absolute Gasteiger partial charge is 0.289 e. The van der Waals surface area contributed by atoms with Gasteiger partial charge in [0.05, 0.1) is 0 Å². The van der Waals surface area contributed by atoms with Crippen LogP contribution in [0.15, 0.2) is 16.5 Å². The van der Waals surface area contributed by atoms with Crippen LogP contribution in [0.4, 0.5) is 0 Å². The summed E-state index contributed by atoms with van der Waals surface area (Å²) in [5.74, 6) is 0.987. The first kappa shape index (κ1) is 11.8. The maximum absolute atomic E-state index is 11.8. The summed E-state index contributed by atoms with van der Waals surface area (Å²) in [5, 5.41) is 0. The fraction of sp³-hybridized carbons (Fsp3) is 0.545. The molecule has 1 heterocycles. The number of ether oxygens (including phenoxy) is 1. The van der Waals surface area contributed by atoms with Gasteiger partial charge < -0.3 is 14.1 Å². The van der Waals surface area contributed by atoms with Crippen LogP contribution < -0.4 is 0 Å². The Kier molecular flexibility index (Phi) is 4.37. The van der Waals surface area contributed by atoms with E-state index < -0.39 is 0 Å². The molecular weight excluding hydrogens is 194 g/mol. The van der Waals surface area contributed by atoms with Gasteiger partial charge in [0.1, 0.15) is 12.4 Å². The van der Waals surface area contributed by atoms with Crippen molar-refractivity contribution >= 4 is 5.91 Å². The van der Waals surface area contributed by atoms with Crippen molar-refractivity contribution in [2.45, 2.75) is 20.5 Å². The van der Waals surface area contributed by atoms with Crippen LogP contribution in [-0.2, 0) is 11.3 Å². The van der Waals surface area contributed by atoms with E-state index in [1.54, 1.807) is 24.1 Å². The second-order valence-corrected chi connectivity index (χ2v) is 3.18. The summed E-state index contributed by atoms with van der Waals surface area (Å²) in [6.07, 6.45) is 0. The largest absolute Gasteiger partial charge is 0.453 e. The van der Waals surface area contributed by atoms with E-state index in [9.17, 15) is 4.79 Å². The highest BCUT2D eigenvalue weighted by molar-refractivity contribution is 5.91. The van der Waals surface area contributed by atoms with Crippen LogP contribution in [0.25, 0.3) is 0 Å². The van der Waals surface area contributed by atoms with Crippen LogP contribution in [-0.4, -0.2) is 31.0 Å². The molecule has 0 spiro atoms. The Hall–Kier alpha value is -1.29. The summed E-state index contributed by atoms with van der Waals surface area (Å²) >= 11 is 0. The van der Waals surface area contributed by atoms with Crippen LogP contribution in [0.2, 0.25) is 0 Å². The minimum absolute atomic E-state index is 0.0673. The van der Waals surface area contributed by atoms with Crippen LogP contribution in [0.1, 0.15) is 30.2 Å². The maximum atomic E-state index is 11.8. The number of hydrogen-bond acceptors (Lipinski definition) is 3. The average molecular weight is 211 g/mol. The molecule has 0 saturated heterocycles. The average Bonchev–Trinajstić information content (AvgIpc) is 2.68. The van der Waals surface area contributed by atoms with Crippen molar-refractivity contribution in [2.75, 3.05) is 20.2 Å². The van der Waals surface area contributed by atoms with E-state index in [0.29, 0.717) is 31.2 Å². The van der Waals surface area contributed by atoms with Crippen LogP contribution >= 0.6 is 0 Å². The second kappa shape index (κ2) is 5.56. The number of rotatable bonds is 5. The van der Waals surface area contributed by atoms with Crippen molar-refractivity contribution in [3.05, 3.63) is 23.7 Å². The minimum Gasteiger partial charge on any atom is -0.453 e. The number of nitrogens with zero attached hydrogens (tertiary/aromatic N) is 1. The summed E-state index contributed by atoms with van der Waals surface area (Å²) in [6.45, 7) is 5.66. The number of methoxy groups -OCH3 is 1. The Balaban J connectivity index is 2.73. The predicted octanol–water partition coefficient (Wildman–Crippen LogP) is 1.91. The zero-order valence-corrected chi connectivity index (χ0v) is 9.45. The normalized spacial score (nSPS) is 10.3. The van der Waals surface area contributed by atoms with E-state index in [4.69, 9.17) is 9.15 Å². The predicted molar refractivity (Wildman–Crippen MR) is 56.7 cm³/mol. The summed E-state index contributed by atoms with van der Waals surface area (Å²) in [4.78, 5) is 13.5. The monoisotopic (exact) mass is 211 g/mol. The highest BCUT2D eigenvalue weighted by Gasteiger charge is 2.16. The minimum atomic E-state index is -0.0673. The fourth-order valence-electron chi connectivity index (χ4n) is 1.38. The van der Waals surface area contributed by atoms with Crippen molar-refractivity contribution in [1.82, 2.24) is 4.90 Å². The summed E-state index contributed by atoms with van der Waals surface area (Å²) < 4.78 is 10.3. The fourth-order valence-corrected chi connectivity index (χ4v) is 1.38. The molecule has 0 saturated carbocycles. The second-order valence-electron chi connectivity index (χ2n) is 3.18. The van der Waals surface area contributed by atoms with Gasteiger partial charge in [-0.05, 0) is 26.0 Å². The summed E-state index contributed by atoms with van der Waals surface area (Å²) in [5.41, 5.74) is 0. The summed E-state index contributed by atoms with van der Waals surface area (Å²) in [7, 11) is 1.59. The highest BCUT2D eigenvalue weighted by atomic mass is 16.5. The molecule has 1 rings (SSSR count). The number of furan rings is 1. The van der Waals surface area contributed by atoms with Gasteiger partial charge >= 0.3 is 0 Å². The van der Waals surface area contributed by atoms with Gasteiger partial charge in [-0.15, -0.1) is 0 Å². The molecule has 0 N–H and O–H groups in total. The van der Waals surface area contributed by atoms with Crippen LogP contribution in [0.3, 0.4) is 0 Å². The lowest BCUT2D eigenvalue weighted by atomic mass is 10.3. The zero-order valence-electron chi connectivity index (χ0n) is 9.45. The van der Waals surface area contributed by atoms with E-state index >= 15 is 0 Å². The number of amides is 1. The van der Waals surface area contributed by atoms with E-state index in [2.05, 4.69) is 0 Å². The van der Waals surface area contributed by atoms with Crippen molar-refractivity contribution in [3.63, 3.8) is 0 Å². The molecule has 0 aromatic carbocycles.